The fourth-order valence-electron chi connectivity index (χ4n) is 2.11. The molecular weight excluding hydrogens is 269 g/mol. The highest BCUT2D eigenvalue weighted by molar-refractivity contribution is 7.56. The lowest BCUT2D eigenvalue weighted by Gasteiger charge is -2.20. The van der Waals surface area contributed by atoms with Crippen molar-refractivity contribution in [2.24, 2.45) is 0 Å². The van der Waals surface area contributed by atoms with Crippen LogP contribution in [-0.4, -0.2) is 26.3 Å². The number of nitrogens with zero attached hydrogens (tertiary/aromatic N) is 1. The van der Waals surface area contributed by atoms with E-state index in [1.54, 1.807) is 13.2 Å². The number of hydrogen-bond acceptors (Lipinski definition) is 3. The molecule has 2 aromatic carbocycles. The number of aromatic hydroxyl groups is 1. The number of para-hydroxylation sites is 1. The van der Waals surface area contributed by atoms with Crippen molar-refractivity contribution in [3.8, 4) is 11.5 Å². The molecule has 0 heterocycles. The molecule has 1 atom stereocenters. The summed E-state index contributed by atoms with van der Waals surface area (Å²) in [7, 11) is 6.04. The third-order valence-corrected chi connectivity index (χ3v) is 4.78. The van der Waals surface area contributed by atoms with E-state index in [0.29, 0.717) is 14.3 Å². The first kappa shape index (κ1) is 14.7. The fraction of sp³-hybridized carbons (Fsp3) is 0.250. The summed E-state index contributed by atoms with van der Waals surface area (Å²) >= 11 is 0. The van der Waals surface area contributed by atoms with E-state index in [1.165, 1.54) is 16.6 Å². The summed E-state index contributed by atoms with van der Waals surface area (Å²) in [4.78, 5) is 2.10. The first-order valence-corrected chi connectivity index (χ1v) is 7.44. The molecule has 20 heavy (non-hydrogen) atoms. The number of hydrogen-bond donors (Lipinski definition) is 1. The molecule has 0 spiro atoms. The van der Waals surface area contributed by atoms with Crippen molar-refractivity contribution in [1.29, 1.82) is 0 Å². The second kappa shape index (κ2) is 6.15. The Labute approximate surface area is 122 Å². The summed E-state index contributed by atoms with van der Waals surface area (Å²) < 4.78 is 5.18. The quantitative estimate of drug-likeness (QED) is 0.877. The van der Waals surface area contributed by atoms with Gasteiger partial charge in [-0.25, -0.2) is 0 Å². The molecular formula is C16H20NO2P. The Morgan fingerprint density at radius 3 is 2.45 bits per heavy atom. The van der Waals surface area contributed by atoms with Gasteiger partial charge in [0.15, 0.2) is 11.5 Å². The first-order valence-electron chi connectivity index (χ1n) is 6.44. The van der Waals surface area contributed by atoms with Crippen molar-refractivity contribution in [3.63, 3.8) is 0 Å². The normalized spacial score (nSPS) is 11.0. The van der Waals surface area contributed by atoms with Gasteiger partial charge in [0, 0.05) is 30.4 Å². The Bertz CT molecular complexity index is 611. The molecule has 106 valence electrons. The van der Waals surface area contributed by atoms with E-state index in [2.05, 4.69) is 30.0 Å². The molecule has 1 N–H and O–H groups in total. The van der Waals surface area contributed by atoms with Crippen molar-refractivity contribution in [2.75, 3.05) is 26.1 Å². The molecule has 0 aliphatic carbocycles. The summed E-state index contributed by atoms with van der Waals surface area (Å²) in [5, 5.41) is 12.4. The number of methoxy groups -OCH3 is 1. The zero-order valence-electron chi connectivity index (χ0n) is 12.3. The average molecular weight is 289 g/mol. The molecule has 0 saturated carbocycles. The van der Waals surface area contributed by atoms with Crippen LogP contribution in [0.15, 0.2) is 36.4 Å². The number of phenols is 1. The highest BCUT2D eigenvalue weighted by Crippen LogP contribution is 2.30. The van der Waals surface area contributed by atoms with Crippen LogP contribution in [0.25, 0.3) is 0 Å². The van der Waals surface area contributed by atoms with Gasteiger partial charge < -0.3 is 14.7 Å². The van der Waals surface area contributed by atoms with Crippen molar-refractivity contribution in [3.05, 3.63) is 42.0 Å². The van der Waals surface area contributed by atoms with Crippen molar-refractivity contribution in [2.45, 2.75) is 6.92 Å². The first-order chi connectivity index (χ1) is 9.54. The van der Waals surface area contributed by atoms with E-state index in [4.69, 9.17) is 4.74 Å². The van der Waals surface area contributed by atoms with Gasteiger partial charge in [-0.05, 0) is 24.6 Å². The van der Waals surface area contributed by atoms with Crippen molar-refractivity contribution in [1.82, 2.24) is 0 Å². The molecule has 0 aliphatic rings. The van der Waals surface area contributed by atoms with Crippen LogP contribution in [0.3, 0.4) is 0 Å². The van der Waals surface area contributed by atoms with Gasteiger partial charge in [0.2, 0.25) is 0 Å². The van der Waals surface area contributed by atoms with E-state index < -0.39 is 0 Å². The highest BCUT2D eigenvalue weighted by Gasteiger charge is 2.13. The van der Waals surface area contributed by atoms with Gasteiger partial charge in [0.05, 0.1) is 7.11 Å². The van der Waals surface area contributed by atoms with Crippen LogP contribution in [0.4, 0.5) is 5.69 Å². The number of aryl methyl sites for hydroxylation is 1. The van der Waals surface area contributed by atoms with E-state index in [9.17, 15) is 5.11 Å². The molecule has 4 heteroatoms. The largest absolute Gasteiger partial charge is 0.504 e. The Hall–Kier alpha value is -1.73. The molecule has 0 saturated heterocycles. The van der Waals surface area contributed by atoms with E-state index in [1.807, 2.05) is 26.2 Å². The molecule has 0 aliphatic heterocycles. The van der Waals surface area contributed by atoms with Gasteiger partial charge >= 0.3 is 0 Å². The lowest BCUT2D eigenvalue weighted by molar-refractivity contribution is 0.375. The predicted molar refractivity (Wildman–Crippen MR) is 87.7 cm³/mol. The smallest absolute Gasteiger partial charge is 0.165 e. The SMILES string of the molecule is COc1cccc(Pc2c(C)cccc2N(C)C)c1O. The molecule has 0 bridgehead atoms. The standard InChI is InChI=1S/C16H20NO2P/c1-11-7-5-8-12(17(2)3)16(11)20-14-10-6-9-13(19-4)15(14)18/h5-10,18,20H,1-4H3. The summed E-state index contributed by atoms with van der Waals surface area (Å²) in [6.07, 6.45) is 0. The van der Waals surface area contributed by atoms with Gasteiger partial charge in [-0.3, -0.25) is 0 Å². The molecule has 1 unspecified atom stereocenters. The summed E-state index contributed by atoms with van der Waals surface area (Å²) in [5.74, 6) is 0.760. The highest BCUT2D eigenvalue weighted by atomic mass is 31.1. The van der Waals surface area contributed by atoms with Crippen LogP contribution in [0.2, 0.25) is 0 Å². The van der Waals surface area contributed by atoms with Crippen molar-refractivity contribution < 1.29 is 9.84 Å². The molecule has 0 aromatic heterocycles. The van der Waals surface area contributed by atoms with Crippen molar-refractivity contribution >= 4 is 24.9 Å². The minimum atomic E-state index is 0.237. The number of anilines is 1. The topological polar surface area (TPSA) is 32.7 Å². The number of benzene rings is 2. The Morgan fingerprint density at radius 1 is 1.10 bits per heavy atom. The predicted octanol–water partition coefficient (Wildman–Crippen LogP) is 2.40. The minimum absolute atomic E-state index is 0.237. The summed E-state index contributed by atoms with van der Waals surface area (Å²) in [6.45, 7) is 2.10. The van der Waals surface area contributed by atoms with Crippen LogP contribution in [0, 0.1) is 6.92 Å². The van der Waals surface area contributed by atoms with Gasteiger partial charge in [0.25, 0.3) is 0 Å². The van der Waals surface area contributed by atoms with E-state index in [0.717, 1.165) is 5.30 Å². The third-order valence-electron chi connectivity index (χ3n) is 3.21. The zero-order chi connectivity index (χ0) is 14.7. The average Bonchev–Trinajstić information content (AvgIpc) is 2.42. The van der Waals surface area contributed by atoms with Gasteiger partial charge in [-0.2, -0.15) is 0 Å². The maximum absolute atomic E-state index is 10.2. The Kier molecular flexibility index (Phi) is 4.51. The van der Waals surface area contributed by atoms with Gasteiger partial charge in [-0.15, -0.1) is 0 Å². The lowest BCUT2D eigenvalue weighted by Crippen LogP contribution is -2.19. The van der Waals surface area contributed by atoms with Crippen LogP contribution in [0.5, 0.6) is 11.5 Å². The monoisotopic (exact) mass is 289 g/mol. The number of phenolic OH excluding ortho intramolecular Hbond substituents is 1. The number of ether oxygens (including phenoxy) is 1. The molecule has 0 amide bonds. The molecule has 3 nitrogen and oxygen atoms in total. The Balaban J connectivity index is 2.45. The van der Waals surface area contributed by atoms with Gasteiger partial charge in [0.1, 0.15) is 0 Å². The second-order valence-electron chi connectivity index (χ2n) is 4.84. The van der Waals surface area contributed by atoms with E-state index >= 15 is 0 Å². The third kappa shape index (κ3) is 2.88. The maximum Gasteiger partial charge on any atom is 0.165 e. The zero-order valence-corrected chi connectivity index (χ0v) is 13.3. The summed E-state index contributed by atoms with van der Waals surface area (Å²) in [5.41, 5.74) is 2.42. The summed E-state index contributed by atoms with van der Waals surface area (Å²) in [6, 6.07) is 11.9. The molecule has 2 rings (SSSR count). The van der Waals surface area contributed by atoms with Crippen LogP contribution >= 0.6 is 8.58 Å². The van der Waals surface area contributed by atoms with E-state index in [-0.39, 0.29) is 5.75 Å². The fourth-order valence-corrected chi connectivity index (χ4v) is 3.52. The number of rotatable bonds is 4. The van der Waals surface area contributed by atoms with Crippen LogP contribution in [0.1, 0.15) is 5.56 Å². The lowest BCUT2D eigenvalue weighted by atomic mass is 10.2. The van der Waals surface area contributed by atoms with Crippen LogP contribution < -0.4 is 20.2 Å². The molecule has 0 radical (unpaired) electrons. The minimum Gasteiger partial charge on any atom is -0.504 e. The van der Waals surface area contributed by atoms with Crippen LogP contribution in [-0.2, 0) is 0 Å². The van der Waals surface area contributed by atoms with Gasteiger partial charge in [-0.1, -0.05) is 32.8 Å². The Morgan fingerprint density at radius 2 is 1.80 bits per heavy atom. The molecule has 0 fully saturated rings. The maximum atomic E-state index is 10.2. The second-order valence-corrected chi connectivity index (χ2v) is 6.13. The molecule has 2 aromatic rings.